The number of aliphatic hydroxyl groups is 1. The minimum atomic E-state index is -0.105. The molecule has 0 radical (unpaired) electrons. The molecule has 0 spiro atoms. The molecule has 0 saturated carbocycles. The summed E-state index contributed by atoms with van der Waals surface area (Å²) in [6.07, 6.45) is 5.57. The first kappa shape index (κ1) is 11.8. The van der Waals surface area contributed by atoms with Crippen molar-refractivity contribution < 1.29 is 5.11 Å². The summed E-state index contributed by atoms with van der Waals surface area (Å²) < 4.78 is 0. The van der Waals surface area contributed by atoms with Crippen LogP contribution in [0.3, 0.4) is 0 Å². The first-order valence-corrected chi connectivity index (χ1v) is 5.90. The zero-order valence-electron chi connectivity index (χ0n) is 9.96. The standard InChI is InChI=1S/C13H24O/c1-5-11(4)13(14)12-7-9(2)6-10(3)8-12/h6,9,11-14H,5,7-8H2,1-4H3. The molecule has 0 aromatic carbocycles. The Bertz CT molecular complexity index is 207. The Kier molecular flexibility index (Phi) is 4.18. The van der Waals surface area contributed by atoms with Crippen molar-refractivity contribution in [2.75, 3.05) is 0 Å². The fourth-order valence-corrected chi connectivity index (χ4v) is 2.56. The van der Waals surface area contributed by atoms with Crippen molar-refractivity contribution in [1.82, 2.24) is 0 Å². The Morgan fingerprint density at radius 2 is 2.21 bits per heavy atom. The zero-order valence-corrected chi connectivity index (χ0v) is 9.96. The number of aliphatic hydroxyl groups excluding tert-OH is 1. The highest BCUT2D eigenvalue weighted by atomic mass is 16.3. The van der Waals surface area contributed by atoms with Crippen LogP contribution in [0.15, 0.2) is 11.6 Å². The monoisotopic (exact) mass is 196 g/mol. The summed E-state index contributed by atoms with van der Waals surface area (Å²) in [6.45, 7) is 8.75. The first-order valence-electron chi connectivity index (χ1n) is 5.90. The molecule has 1 nitrogen and oxygen atoms in total. The normalized spacial score (nSPS) is 32.2. The molecule has 0 aromatic heterocycles. The fourth-order valence-electron chi connectivity index (χ4n) is 2.56. The molecule has 0 heterocycles. The Hall–Kier alpha value is -0.300. The van der Waals surface area contributed by atoms with E-state index < -0.39 is 0 Å². The van der Waals surface area contributed by atoms with Gasteiger partial charge in [-0.2, -0.15) is 0 Å². The van der Waals surface area contributed by atoms with E-state index in [1.165, 1.54) is 5.57 Å². The van der Waals surface area contributed by atoms with Crippen LogP contribution < -0.4 is 0 Å². The third kappa shape index (κ3) is 2.84. The summed E-state index contributed by atoms with van der Waals surface area (Å²) in [6, 6.07) is 0. The summed E-state index contributed by atoms with van der Waals surface area (Å²) in [5.41, 5.74) is 1.45. The van der Waals surface area contributed by atoms with Gasteiger partial charge in [-0.05, 0) is 37.5 Å². The lowest BCUT2D eigenvalue weighted by molar-refractivity contribution is 0.0448. The van der Waals surface area contributed by atoms with Crippen LogP contribution in [0.1, 0.15) is 47.0 Å². The fraction of sp³-hybridized carbons (Fsp3) is 0.846. The zero-order chi connectivity index (χ0) is 10.7. The first-order chi connectivity index (χ1) is 6.54. The van der Waals surface area contributed by atoms with E-state index in [2.05, 4.69) is 33.8 Å². The molecule has 1 heteroatoms. The predicted molar refractivity (Wildman–Crippen MR) is 61.1 cm³/mol. The van der Waals surface area contributed by atoms with Gasteiger partial charge >= 0.3 is 0 Å². The van der Waals surface area contributed by atoms with Gasteiger partial charge < -0.3 is 5.11 Å². The second-order valence-corrected chi connectivity index (χ2v) is 5.07. The molecule has 0 amide bonds. The average molecular weight is 196 g/mol. The van der Waals surface area contributed by atoms with E-state index in [-0.39, 0.29) is 6.10 Å². The van der Waals surface area contributed by atoms with E-state index in [1.807, 2.05) is 0 Å². The third-order valence-corrected chi connectivity index (χ3v) is 3.54. The Balaban J connectivity index is 2.58. The van der Waals surface area contributed by atoms with Gasteiger partial charge in [-0.3, -0.25) is 0 Å². The number of rotatable bonds is 3. The topological polar surface area (TPSA) is 20.2 Å². The van der Waals surface area contributed by atoms with Crippen LogP contribution in [0, 0.1) is 17.8 Å². The number of hydrogen-bond donors (Lipinski definition) is 1. The van der Waals surface area contributed by atoms with Crippen LogP contribution in [0.2, 0.25) is 0 Å². The Morgan fingerprint density at radius 1 is 1.57 bits per heavy atom. The highest BCUT2D eigenvalue weighted by Crippen LogP contribution is 2.33. The summed E-state index contributed by atoms with van der Waals surface area (Å²) in [4.78, 5) is 0. The van der Waals surface area contributed by atoms with Gasteiger partial charge in [-0.15, -0.1) is 0 Å². The summed E-state index contributed by atoms with van der Waals surface area (Å²) in [5, 5.41) is 10.2. The Morgan fingerprint density at radius 3 is 2.71 bits per heavy atom. The quantitative estimate of drug-likeness (QED) is 0.686. The molecule has 1 N–H and O–H groups in total. The summed E-state index contributed by atoms with van der Waals surface area (Å²) in [7, 11) is 0. The SMILES string of the molecule is CCC(C)C(O)C1CC(C)=CC(C)C1. The maximum Gasteiger partial charge on any atom is 0.0597 e. The van der Waals surface area contributed by atoms with E-state index in [4.69, 9.17) is 0 Å². The van der Waals surface area contributed by atoms with Crippen molar-refractivity contribution in [3.8, 4) is 0 Å². The molecule has 1 aliphatic carbocycles. The molecule has 0 aromatic rings. The number of allylic oxidation sites excluding steroid dienone is 2. The second kappa shape index (κ2) is 4.97. The van der Waals surface area contributed by atoms with E-state index in [0.717, 1.165) is 19.3 Å². The minimum Gasteiger partial charge on any atom is -0.393 e. The van der Waals surface area contributed by atoms with E-state index in [0.29, 0.717) is 17.8 Å². The van der Waals surface area contributed by atoms with Crippen LogP contribution >= 0.6 is 0 Å². The maximum atomic E-state index is 10.2. The molecule has 4 atom stereocenters. The summed E-state index contributed by atoms with van der Waals surface area (Å²) >= 11 is 0. The van der Waals surface area contributed by atoms with E-state index in [1.54, 1.807) is 0 Å². The van der Waals surface area contributed by atoms with Crippen molar-refractivity contribution in [2.45, 2.75) is 53.1 Å². The third-order valence-electron chi connectivity index (χ3n) is 3.54. The van der Waals surface area contributed by atoms with Gasteiger partial charge in [0.25, 0.3) is 0 Å². The molecular formula is C13H24O. The maximum absolute atomic E-state index is 10.2. The molecule has 0 fully saturated rings. The van der Waals surface area contributed by atoms with Crippen molar-refractivity contribution in [3.63, 3.8) is 0 Å². The average Bonchev–Trinajstić information content (AvgIpc) is 2.14. The van der Waals surface area contributed by atoms with Gasteiger partial charge in [0.1, 0.15) is 0 Å². The van der Waals surface area contributed by atoms with Crippen LogP contribution in [-0.4, -0.2) is 11.2 Å². The van der Waals surface area contributed by atoms with Gasteiger partial charge in [-0.25, -0.2) is 0 Å². The lowest BCUT2D eigenvalue weighted by Gasteiger charge is -2.32. The lowest BCUT2D eigenvalue weighted by atomic mass is 9.77. The van der Waals surface area contributed by atoms with Crippen LogP contribution in [0.5, 0.6) is 0 Å². The van der Waals surface area contributed by atoms with Crippen molar-refractivity contribution in [2.24, 2.45) is 17.8 Å². The second-order valence-electron chi connectivity index (χ2n) is 5.07. The molecule has 14 heavy (non-hydrogen) atoms. The molecule has 0 bridgehead atoms. The van der Waals surface area contributed by atoms with Crippen LogP contribution in [0.25, 0.3) is 0 Å². The van der Waals surface area contributed by atoms with Crippen molar-refractivity contribution >= 4 is 0 Å². The van der Waals surface area contributed by atoms with Crippen LogP contribution in [0.4, 0.5) is 0 Å². The van der Waals surface area contributed by atoms with Crippen molar-refractivity contribution in [3.05, 3.63) is 11.6 Å². The largest absolute Gasteiger partial charge is 0.393 e. The van der Waals surface area contributed by atoms with E-state index in [9.17, 15) is 5.11 Å². The van der Waals surface area contributed by atoms with Crippen LogP contribution in [-0.2, 0) is 0 Å². The van der Waals surface area contributed by atoms with E-state index >= 15 is 0 Å². The van der Waals surface area contributed by atoms with Gasteiger partial charge in [0.15, 0.2) is 0 Å². The smallest absolute Gasteiger partial charge is 0.0597 e. The molecule has 4 unspecified atom stereocenters. The Labute approximate surface area is 88.2 Å². The highest BCUT2D eigenvalue weighted by Gasteiger charge is 2.27. The summed E-state index contributed by atoms with van der Waals surface area (Å²) in [5.74, 6) is 1.58. The van der Waals surface area contributed by atoms with Crippen molar-refractivity contribution in [1.29, 1.82) is 0 Å². The predicted octanol–water partition coefficient (Wildman–Crippen LogP) is 3.39. The molecule has 1 rings (SSSR count). The minimum absolute atomic E-state index is 0.105. The van der Waals surface area contributed by atoms with Gasteiger partial charge in [-0.1, -0.05) is 38.8 Å². The van der Waals surface area contributed by atoms with Gasteiger partial charge in [0.05, 0.1) is 6.10 Å². The highest BCUT2D eigenvalue weighted by molar-refractivity contribution is 5.07. The molecule has 0 saturated heterocycles. The molecular weight excluding hydrogens is 172 g/mol. The molecule has 82 valence electrons. The number of hydrogen-bond acceptors (Lipinski definition) is 1. The van der Waals surface area contributed by atoms with Gasteiger partial charge in [0, 0.05) is 0 Å². The molecule has 1 aliphatic rings. The lowest BCUT2D eigenvalue weighted by Crippen LogP contribution is -2.30. The molecule has 0 aliphatic heterocycles. The van der Waals surface area contributed by atoms with Gasteiger partial charge in [0.2, 0.25) is 0 Å².